The first kappa shape index (κ1) is 20.8. The quantitative estimate of drug-likeness (QED) is 0.806. The van der Waals surface area contributed by atoms with E-state index in [1.807, 2.05) is 48.5 Å². The highest BCUT2D eigenvalue weighted by molar-refractivity contribution is 6.30. The van der Waals surface area contributed by atoms with Gasteiger partial charge in [0.25, 0.3) is 5.91 Å². The molecule has 1 fully saturated rings. The molecule has 1 amide bonds. The average Bonchev–Trinajstić information content (AvgIpc) is 2.69. The molecule has 1 saturated heterocycles. The SMILES string of the molecule is CC(C)(C)c1ccc(C(=O)NC[C@@H](c2ccc(Cl)cc2)N2CCOCC2)cc1. The largest absolute Gasteiger partial charge is 0.379 e. The van der Waals surface area contributed by atoms with E-state index in [1.54, 1.807) is 0 Å². The Morgan fingerprint density at radius 2 is 1.68 bits per heavy atom. The lowest BCUT2D eigenvalue weighted by Gasteiger charge is -2.35. The van der Waals surface area contributed by atoms with E-state index in [-0.39, 0.29) is 17.4 Å². The van der Waals surface area contributed by atoms with Crippen molar-refractivity contribution in [2.45, 2.75) is 32.2 Å². The number of rotatable bonds is 5. The van der Waals surface area contributed by atoms with Crippen molar-refractivity contribution >= 4 is 17.5 Å². The van der Waals surface area contributed by atoms with E-state index in [2.05, 4.69) is 31.0 Å². The number of hydrogen-bond donors (Lipinski definition) is 1. The zero-order valence-corrected chi connectivity index (χ0v) is 17.6. The van der Waals surface area contributed by atoms with Gasteiger partial charge in [-0.2, -0.15) is 0 Å². The second kappa shape index (κ2) is 9.08. The van der Waals surface area contributed by atoms with Crippen molar-refractivity contribution in [2.24, 2.45) is 0 Å². The molecule has 3 rings (SSSR count). The molecule has 28 heavy (non-hydrogen) atoms. The van der Waals surface area contributed by atoms with Crippen LogP contribution < -0.4 is 5.32 Å². The van der Waals surface area contributed by atoms with Crippen LogP contribution in [0.1, 0.15) is 48.3 Å². The van der Waals surface area contributed by atoms with Crippen LogP contribution in [0.25, 0.3) is 0 Å². The summed E-state index contributed by atoms with van der Waals surface area (Å²) in [5.41, 5.74) is 3.13. The first-order valence-corrected chi connectivity index (χ1v) is 10.2. The Labute approximate surface area is 172 Å². The summed E-state index contributed by atoms with van der Waals surface area (Å²) < 4.78 is 5.49. The maximum Gasteiger partial charge on any atom is 0.251 e. The lowest BCUT2D eigenvalue weighted by Crippen LogP contribution is -2.43. The van der Waals surface area contributed by atoms with Gasteiger partial charge in [-0.3, -0.25) is 9.69 Å². The number of morpholine rings is 1. The molecule has 5 heteroatoms. The number of hydrogen-bond acceptors (Lipinski definition) is 3. The third kappa shape index (κ3) is 5.34. The highest BCUT2D eigenvalue weighted by Gasteiger charge is 2.23. The smallest absolute Gasteiger partial charge is 0.251 e. The molecule has 1 aliphatic rings. The topological polar surface area (TPSA) is 41.6 Å². The molecule has 0 aromatic heterocycles. The summed E-state index contributed by atoms with van der Waals surface area (Å²) in [6.07, 6.45) is 0. The van der Waals surface area contributed by atoms with Crippen LogP contribution in [0.2, 0.25) is 5.02 Å². The van der Waals surface area contributed by atoms with E-state index < -0.39 is 0 Å². The highest BCUT2D eigenvalue weighted by Crippen LogP contribution is 2.24. The number of benzene rings is 2. The number of ether oxygens (including phenoxy) is 1. The van der Waals surface area contributed by atoms with Crippen molar-refractivity contribution in [3.05, 3.63) is 70.2 Å². The molecule has 1 aliphatic heterocycles. The van der Waals surface area contributed by atoms with Gasteiger partial charge in [0.15, 0.2) is 0 Å². The summed E-state index contributed by atoms with van der Waals surface area (Å²) in [5.74, 6) is -0.0484. The average molecular weight is 401 g/mol. The van der Waals surface area contributed by atoms with Crippen molar-refractivity contribution in [1.82, 2.24) is 10.2 Å². The Morgan fingerprint density at radius 1 is 1.07 bits per heavy atom. The number of nitrogens with one attached hydrogen (secondary N) is 1. The van der Waals surface area contributed by atoms with Gasteiger partial charge in [-0.1, -0.05) is 56.6 Å². The van der Waals surface area contributed by atoms with Crippen LogP contribution in [0, 0.1) is 0 Å². The van der Waals surface area contributed by atoms with Crippen LogP contribution in [0.4, 0.5) is 0 Å². The van der Waals surface area contributed by atoms with Crippen LogP contribution in [-0.4, -0.2) is 43.7 Å². The van der Waals surface area contributed by atoms with Crippen molar-refractivity contribution in [3.63, 3.8) is 0 Å². The molecule has 0 unspecified atom stereocenters. The highest BCUT2D eigenvalue weighted by atomic mass is 35.5. The lowest BCUT2D eigenvalue weighted by atomic mass is 9.87. The molecule has 1 heterocycles. The van der Waals surface area contributed by atoms with Gasteiger partial charge in [-0.15, -0.1) is 0 Å². The zero-order chi connectivity index (χ0) is 20.1. The number of carbonyl (C=O) groups excluding carboxylic acids is 1. The molecule has 150 valence electrons. The Hall–Kier alpha value is -1.88. The minimum Gasteiger partial charge on any atom is -0.379 e. The van der Waals surface area contributed by atoms with Gasteiger partial charge >= 0.3 is 0 Å². The Bertz CT molecular complexity index is 776. The number of halogens is 1. The number of carbonyl (C=O) groups is 1. The summed E-state index contributed by atoms with van der Waals surface area (Å²) in [7, 11) is 0. The van der Waals surface area contributed by atoms with Gasteiger partial charge in [0.1, 0.15) is 0 Å². The predicted molar refractivity (Wildman–Crippen MR) is 114 cm³/mol. The summed E-state index contributed by atoms with van der Waals surface area (Å²) in [6, 6.07) is 15.8. The standard InChI is InChI=1S/C23H29ClN2O2/c1-23(2,3)19-8-4-18(5-9-19)22(27)25-16-21(26-12-14-28-15-13-26)17-6-10-20(24)11-7-17/h4-11,21H,12-16H2,1-3H3,(H,25,27)/t21-/m0/s1. The first-order chi connectivity index (χ1) is 13.3. The molecule has 2 aromatic rings. The normalized spacial score (nSPS) is 16.6. The summed E-state index contributed by atoms with van der Waals surface area (Å²) in [6.45, 7) is 10.2. The van der Waals surface area contributed by atoms with Crippen LogP contribution in [-0.2, 0) is 10.2 Å². The molecule has 1 atom stereocenters. The van der Waals surface area contributed by atoms with Crippen molar-refractivity contribution in [2.75, 3.05) is 32.8 Å². The van der Waals surface area contributed by atoms with Crippen LogP contribution in [0.5, 0.6) is 0 Å². The van der Waals surface area contributed by atoms with E-state index >= 15 is 0 Å². The van der Waals surface area contributed by atoms with Crippen molar-refractivity contribution < 1.29 is 9.53 Å². The van der Waals surface area contributed by atoms with Gasteiger partial charge in [0, 0.05) is 30.2 Å². The van der Waals surface area contributed by atoms with Crippen molar-refractivity contribution in [3.8, 4) is 0 Å². The molecule has 0 bridgehead atoms. The third-order valence-electron chi connectivity index (χ3n) is 5.21. The Kier molecular flexibility index (Phi) is 6.76. The van der Waals surface area contributed by atoms with E-state index in [4.69, 9.17) is 16.3 Å². The Morgan fingerprint density at radius 3 is 2.25 bits per heavy atom. The minimum atomic E-state index is -0.0484. The molecular formula is C23H29ClN2O2. The fraction of sp³-hybridized carbons (Fsp3) is 0.435. The third-order valence-corrected chi connectivity index (χ3v) is 5.46. The van der Waals surface area contributed by atoms with Crippen LogP contribution in [0.15, 0.2) is 48.5 Å². The van der Waals surface area contributed by atoms with Crippen molar-refractivity contribution in [1.29, 1.82) is 0 Å². The van der Waals surface area contributed by atoms with Crippen LogP contribution >= 0.6 is 11.6 Å². The monoisotopic (exact) mass is 400 g/mol. The van der Waals surface area contributed by atoms with Gasteiger partial charge < -0.3 is 10.1 Å². The molecule has 0 spiro atoms. The predicted octanol–water partition coefficient (Wildman–Crippen LogP) is 4.44. The summed E-state index contributed by atoms with van der Waals surface area (Å²) in [5, 5.41) is 3.83. The lowest BCUT2D eigenvalue weighted by molar-refractivity contribution is 0.0162. The number of nitrogens with zero attached hydrogens (tertiary/aromatic N) is 1. The molecule has 0 aliphatic carbocycles. The summed E-state index contributed by atoms with van der Waals surface area (Å²) >= 11 is 6.05. The van der Waals surface area contributed by atoms with E-state index in [9.17, 15) is 4.79 Å². The fourth-order valence-electron chi connectivity index (χ4n) is 3.44. The maximum atomic E-state index is 12.7. The molecule has 0 saturated carbocycles. The molecule has 4 nitrogen and oxygen atoms in total. The fourth-order valence-corrected chi connectivity index (χ4v) is 3.57. The van der Waals surface area contributed by atoms with E-state index in [1.165, 1.54) is 5.56 Å². The molecule has 0 radical (unpaired) electrons. The maximum absolute atomic E-state index is 12.7. The second-order valence-electron chi connectivity index (χ2n) is 8.25. The van der Waals surface area contributed by atoms with Gasteiger partial charge in [-0.25, -0.2) is 0 Å². The molecule has 2 aromatic carbocycles. The first-order valence-electron chi connectivity index (χ1n) is 9.80. The minimum absolute atomic E-state index is 0.0484. The summed E-state index contributed by atoms with van der Waals surface area (Å²) in [4.78, 5) is 15.1. The zero-order valence-electron chi connectivity index (χ0n) is 16.9. The van der Waals surface area contributed by atoms with E-state index in [0.29, 0.717) is 30.3 Å². The van der Waals surface area contributed by atoms with Gasteiger partial charge in [0.2, 0.25) is 0 Å². The molecule has 1 N–H and O–H groups in total. The second-order valence-corrected chi connectivity index (χ2v) is 8.69. The van der Waals surface area contributed by atoms with Gasteiger partial charge in [0.05, 0.1) is 19.3 Å². The van der Waals surface area contributed by atoms with Gasteiger partial charge in [-0.05, 0) is 40.8 Å². The van der Waals surface area contributed by atoms with E-state index in [0.717, 1.165) is 18.7 Å². The van der Waals surface area contributed by atoms with Crippen LogP contribution in [0.3, 0.4) is 0 Å². The Balaban J connectivity index is 1.70. The molecular weight excluding hydrogens is 372 g/mol. The number of amides is 1.